The summed E-state index contributed by atoms with van der Waals surface area (Å²) in [6.45, 7) is 3.47. The lowest BCUT2D eigenvalue weighted by molar-refractivity contribution is 0.0380. The Kier molecular flexibility index (Phi) is 3.54. The Morgan fingerprint density at radius 3 is 2.71 bits per heavy atom. The van der Waals surface area contributed by atoms with Gasteiger partial charge in [0.25, 0.3) is 0 Å². The van der Waals surface area contributed by atoms with Gasteiger partial charge in [-0.3, -0.25) is 0 Å². The minimum Gasteiger partial charge on any atom is -0.397 e. The van der Waals surface area contributed by atoms with Crippen LogP contribution in [0, 0.1) is 6.92 Å². The fourth-order valence-electron chi connectivity index (χ4n) is 2.17. The van der Waals surface area contributed by atoms with Gasteiger partial charge in [-0.15, -0.1) is 0 Å². The third kappa shape index (κ3) is 2.70. The zero-order chi connectivity index (χ0) is 12.3. The molecule has 0 amide bonds. The third-order valence-electron chi connectivity index (χ3n) is 3.36. The number of nitrogen functional groups attached to an aromatic ring is 1. The van der Waals surface area contributed by atoms with Crippen molar-refractivity contribution in [3.8, 4) is 0 Å². The maximum absolute atomic E-state index is 9.59. The predicted octanol–water partition coefficient (Wildman–Crippen LogP) is 1.53. The summed E-state index contributed by atoms with van der Waals surface area (Å²) in [6.07, 6.45) is 1.60. The maximum atomic E-state index is 9.59. The number of hydrogen-bond acceptors (Lipinski definition) is 4. The van der Waals surface area contributed by atoms with Gasteiger partial charge >= 0.3 is 0 Å². The second-order valence-corrected chi connectivity index (χ2v) is 4.77. The minimum atomic E-state index is -0.290. The fraction of sp³-hybridized carbons (Fsp3) is 0.538. The van der Waals surface area contributed by atoms with Crippen molar-refractivity contribution in [1.82, 2.24) is 0 Å². The number of aryl methyl sites for hydroxylation is 1. The standard InChI is InChI=1S/C13H20N2O2/c1-10-2-3-12(11(14)8-10)15-13(9-16)4-6-17-7-5-13/h2-3,8,15-16H,4-7,9,14H2,1H3. The van der Waals surface area contributed by atoms with Gasteiger partial charge in [-0.05, 0) is 37.5 Å². The highest BCUT2D eigenvalue weighted by molar-refractivity contribution is 5.67. The number of aliphatic hydroxyl groups excluding tert-OH is 1. The first-order chi connectivity index (χ1) is 8.15. The van der Waals surface area contributed by atoms with Gasteiger partial charge in [-0.2, -0.15) is 0 Å². The van der Waals surface area contributed by atoms with Crippen LogP contribution in [-0.2, 0) is 4.74 Å². The molecule has 1 aromatic rings. The first-order valence-corrected chi connectivity index (χ1v) is 5.98. The maximum Gasteiger partial charge on any atom is 0.0663 e. The van der Waals surface area contributed by atoms with Crippen LogP contribution in [0.25, 0.3) is 0 Å². The Balaban J connectivity index is 2.17. The highest BCUT2D eigenvalue weighted by Crippen LogP contribution is 2.29. The summed E-state index contributed by atoms with van der Waals surface area (Å²) in [5, 5.41) is 13.0. The molecule has 4 N–H and O–H groups in total. The first-order valence-electron chi connectivity index (χ1n) is 5.98. The molecule has 0 saturated carbocycles. The van der Waals surface area contributed by atoms with Crippen molar-refractivity contribution in [3.63, 3.8) is 0 Å². The molecule has 4 nitrogen and oxygen atoms in total. The zero-order valence-electron chi connectivity index (χ0n) is 10.2. The van der Waals surface area contributed by atoms with Crippen LogP contribution in [0.5, 0.6) is 0 Å². The minimum absolute atomic E-state index is 0.101. The van der Waals surface area contributed by atoms with E-state index in [1.54, 1.807) is 0 Å². The molecule has 1 heterocycles. The van der Waals surface area contributed by atoms with Crippen LogP contribution >= 0.6 is 0 Å². The van der Waals surface area contributed by atoms with Crippen LogP contribution in [-0.4, -0.2) is 30.5 Å². The van der Waals surface area contributed by atoms with Crippen LogP contribution in [0.4, 0.5) is 11.4 Å². The van der Waals surface area contributed by atoms with Gasteiger partial charge in [0.05, 0.1) is 23.5 Å². The van der Waals surface area contributed by atoms with Crippen molar-refractivity contribution in [2.24, 2.45) is 0 Å². The molecule has 1 saturated heterocycles. The molecule has 1 fully saturated rings. The molecule has 4 heteroatoms. The van der Waals surface area contributed by atoms with Crippen molar-refractivity contribution in [2.45, 2.75) is 25.3 Å². The van der Waals surface area contributed by atoms with Crippen LogP contribution in [0.15, 0.2) is 18.2 Å². The van der Waals surface area contributed by atoms with Crippen molar-refractivity contribution in [2.75, 3.05) is 30.9 Å². The van der Waals surface area contributed by atoms with E-state index >= 15 is 0 Å². The van der Waals surface area contributed by atoms with Gasteiger partial charge in [0.15, 0.2) is 0 Å². The number of rotatable bonds is 3. The lowest BCUT2D eigenvalue weighted by Crippen LogP contribution is -2.47. The Morgan fingerprint density at radius 2 is 2.12 bits per heavy atom. The quantitative estimate of drug-likeness (QED) is 0.696. The summed E-state index contributed by atoms with van der Waals surface area (Å²) >= 11 is 0. The highest BCUT2D eigenvalue weighted by Gasteiger charge is 2.32. The van der Waals surface area contributed by atoms with Crippen molar-refractivity contribution < 1.29 is 9.84 Å². The average molecular weight is 236 g/mol. The zero-order valence-corrected chi connectivity index (χ0v) is 10.2. The van der Waals surface area contributed by atoms with E-state index in [0.29, 0.717) is 13.2 Å². The van der Waals surface area contributed by atoms with Gasteiger partial charge in [0.2, 0.25) is 0 Å². The Morgan fingerprint density at radius 1 is 1.41 bits per heavy atom. The summed E-state index contributed by atoms with van der Waals surface area (Å²) in [6, 6.07) is 5.92. The first kappa shape index (κ1) is 12.2. The van der Waals surface area contributed by atoms with E-state index in [4.69, 9.17) is 10.5 Å². The van der Waals surface area contributed by atoms with Gasteiger partial charge in [-0.1, -0.05) is 6.07 Å². The Bertz CT molecular complexity index is 387. The van der Waals surface area contributed by atoms with Gasteiger partial charge in [0, 0.05) is 13.2 Å². The molecule has 0 aliphatic carbocycles. The second kappa shape index (κ2) is 4.94. The van der Waals surface area contributed by atoms with E-state index in [-0.39, 0.29) is 12.1 Å². The number of nitrogens with two attached hydrogens (primary N) is 1. The highest BCUT2D eigenvalue weighted by atomic mass is 16.5. The topological polar surface area (TPSA) is 67.5 Å². The molecule has 0 spiro atoms. The van der Waals surface area contributed by atoms with Crippen LogP contribution < -0.4 is 11.1 Å². The molecule has 94 valence electrons. The van der Waals surface area contributed by atoms with E-state index in [0.717, 1.165) is 29.8 Å². The van der Waals surface area contributed by atoms with Crippen molar-refractivity contribution >= 4 is 11.4 Å². The smallest absolute Gasteiger partial charge is 0.0663 e. The number of benzene rings is 1. The van der Waals surface area contributed by atoms with Gasteiger partial charge < -0.3 is 20.9 Å². The largest absolute Gasteiger partial charge is 0.397 e. The Labute approximate surface area is 102 Å². The summed E-state index contributed by atoms with van der Waals surface area (Å²) in [4.78, 5) is 0. The molecule has 0 bridgehead atoms. The molecular formula is C13H20N2O2. The predicted molar refractivity (Wildman–Crippen MR) is 69.1 cm³/mol. The number of ether oxygens (including phenoxy) is 1. The van der Waals surface area contributed by atoms with Crippen LogP contribution in [0.2, 0.25) is 0 Å². The van der Waals surface area contributed by atoms with Crippen LogP contribution in [0.3, 0.4) is 0 Å². The van der Waals surface area contributed by atoms with E-state index in [1.165, 1.54) is 0 Å². The molecule has 1 aliphatic rings. The summed E-state index contributed by atoms with van der Waals surface area (Å²) in [7, 11) is 0. The molecular weight excluding hydrogens is 216 g/mol. The molecule has 0 radical (unpaired) electrons. The van der Waals surface area contributed by atoms with E-state index in [9.17, 15) is 5.11 Å². The summed E-state index contributed by atoms with van der Waals surface area (Å²) in [5.74, 6) is 0. The fourth-order valence-corrected chi connectivity index (χ4v) is 2.17. The average Bonchev–Trinajstić information content (AvgIpc) is 2.34. The van der Waals surface area contributed by atoms with Crippen molar-refractivity contribution in [1.29, 1.82) is 0 Å². The monoisotopic (exact) mass is 236 g/mol. The SMILES string of the molecule is Cc1ccc(NC2(CO)CCOCC2)c(N)c1. The third-order valence-corrected chi connectivity index (χ3v) is 3.36. The van der Waals surface area contributed by atoms with Gasteiger partial charge in [-0.25, -0.2) is 0 Å². The molecule has 2 rings (SSSR count). The molecule has 0 unspecified atom stereocenters. The lowest BCUT2D eigenvalue weighted by Gasteiger charge is -2.37. The van der Waals surface area contributed by atoms with E-state index in [1.807, 2.05) is 25.1 Å². The molecule has 1 aromatic carbocycles. The van der Waals surface area contributed by atoms with Crippen molar-refractivity contribution in [3.05, 3.63) is 23.8 Å². The molecule has 1 aliphatic heterocycles. The molecule has 0 aromatic heterocycles. The second-order valence-electron chi connectivity index (χ2n) is 4.77. The van der Waals surface area contributed by atoms with E-state index in [2.05, 4.69) is 5.32 Å². The van der Waals surface area contributed by atoms with E-state index < -0.39 is 0 Å². The molecule has 17 heavy (non-hydrogen) atoms. The number of hydrogen-bond donors (Lipinski definition) is 3. The number of anilines is 2. The number of nitrogens with one attached hydrogen (secondary N) is 1. The van der Waals surface area contributed by atoms with Gasteiger partial charge in [0.1, 0.15) is 0 Å². The summed E-state index contributed by atoms with van der Waals surface area (Å²) in [5.41, 5.74) is 8.44. The Hall–Kier alpha value is -1.26. The summed E-state index contributed by atoms with van der Waals surface area (Å²) < 4.78 is 5.33. The lowest BCUT2D eigenvalue weighted by atomic mass is 9.90. The normalized spacial score (nSPS) is 18.9. The molecule has 0 atom stereocenters. The van der Waals surface area contributed by atoms with Crippen LogP contribution in [0.1, 0.15) is 18.4 Å². The number of aliphatic hydroxyl groups is 1.